The molecule has 10 heteroatoms. The van der Waals surface area contributed by atoms with Crippen molar-refractivity contribution in [2.45, 2.75) is 50.0 Å². The zero-order valence-corrected chi connectivity index (χ0v) is 25.5. The summed E-state index contributed by atoms with van der Waals surface area (Å²) in [5, 5.41) is 15.3. The van der Waals surface area contributed by atoms with Crippen LogP contribution in [-0.4, -0.2) is 41.1 Å². The van der Waals surface area contributed by atoms with Crippen LogP contribution >= 0.6 is 0 Å². The van der Waals surface area contributed by atoms with Gasteiger partial charge in [-0.1, -0.05) is 30.3 Å². The standard InChI is InChI=1S/C34H36N4O5S/c1-34(2,36-23-32(39)27-7-6-8-29(22-27)37-44(41,42)30-9-4-3-5-10-30)16-20-38-19-15-26-21-28(11-12-31(26)38)33(40)43-24-25-13-17-35-18-14-25/h3-15,17-19,21-22,32,36-37,39H,16,20,23-24H2,1-2H3/t32-/m0/s1. The number of β-amino-alcohol motifs (C(OH)–C–C–N with tert-alkyl or cyclic N) is 1. The Morgan fingerprint density at radius 1 is 0.977 bits per heavy atom. The van der Waals surface area contributed by atoms with Gasteiger partial charge in [-0.15, -0.1) is 0 Å². The van der Waals surface area contributed by atoms with E-state index in [-0.39, 0.29) is 23.0 Å². The van der Waals surface area contributed by atoms with Crippen molar-refractivity contribution in [3.8, 4) is 0 Å². The number of fused-ring (bicyclic) bond motifs is 1. The molecule has 0 saturated carbocycles. The monoisotopic (exact) mass is 612 g/mol. The first-order valence-electron chi connectivity index (χ1n) is 14.4. The third kappa shape index (κ3) is 7.90. The SMILES string of the molecule is CC(C)(CCn1ccc2cc(C(=O)OCc3ccncc3)ccc21)NC[C@H](O)c1cccc(NS(=O)(=O)c2ccccc2)c1. The van der Waals surface area contributed by atoms with E-state index >= 15 is 0 Å². The molecule has 2 heterocycles. The molecule has 0 amide bonds. The first-order chi connectivity index (χ1) is 21.1. The molecule has 0 fully saturated rings. The zero-order valence-electron chi connectivity index (χ0n) is 24.7. The molecule has 0 unspecified atom stereocenters. The Labute approximate surface area is 257 Å². The van der Waals surface area contributed by atoms with Crippen molar-refractivity contribution in [2.75, 3.05) is 11.3 Å². The number of carbonyl (C=O) groups is 1. The zero-order chi connectivity index (χ0) is 31.2. The van der Waals surface area contributed by atoms with Crippen LogP contribution < -0.4 is 10.0 Å². The first kappa shape index (κ1) is 30.9. The van der Waals surface area contributed by atoms with Gasteiger partial charge in [-0.05, 0) is 92.1 Å². The van der Waals surface area contributed by atoms with Crippen molar-refractivity contribution in [3.05, 3.63) is 126 Å². The van der Waals surface area contributed by atoms with E-state index in [0.717, 1.165) is 29.4 Å². The second kappa shape index (κ2) is 13.4. The van der Waals surface area contributed by atoms with Crippen LogP contribution in [0.1, 0.15) is 47.9 Å². The lowest BCUT2D eigenvalue weighted by Crippen LogP contribution is -2.42. The van der Waals surface area contributed by atoms with Crippen molar-refractivity contribution in [2.24, 2.45) is 0 Å². The number of nitrogens with one attached hydrogen (secondary N) is 2. The molecule has 1 atom stereocenters. The van der Waals surface area contributed by atoms with E-state index in [1.54, 1.807) is 60.9 Å². The molecule has 9 nitrogen and oxygen atoms in total. The molecule has 5 rings (SSSR count). The third-order valence-electron chi connectivity index (χ3n) is 7.45. The van der Waals surface area contributed by atoms with E-state index < -0.39 is 16.1 Å². The van der Waals surface area contributed by atoms with Crippen LogP contribution in [0.4, 0.5) is 5.69 Å². The van der Waals surface area contributed by atoms with Gasteiger partial charge in [0, 0.05) is 53.8 Å². The van der Waals surface area contributed by atoms with Gasteiger partial charge in [0.05, 0.1) is 16.6 Å². The number of hydrogen-bond donors (Lipinski definition) is 3. The number of carbonyl (C=O) groups excluding carboxylic acids is 1. The highest BCUT2D eigenvalue weighted by atomic mass is 32.2. The second-order valence-corrected chi connectivity index (χ2v) is 13.0. The number of ether oxygens (including phenoxy) is 1. The lowest BCUT2D eigenvalue weighted by molar-refractivity contribution is 0.0472. The highest BCUT2D eigenvalue weighted by molar-refractivity contribution is 7.92. The fraction of sp³-hybridized carbons (Fsp3) is 0.235. The molecular weight excluding hydrogens is 576 g/mol. The molecule has 0 aliphatic carbocycles. The van der Waals surface area contributed by atoms with Gasteiger partial charge in [0.1, 0.15) is 6.61 Å². The van der Waals surface area contributed by atoms with Crippen molar-refractivity contribution in [3.63, 3.8) is 0 Å². The number of aliphatic hydroxyl groups excluding tert-OH is 1. The van der Waals surface area contributed by atoms with Gasteiger partial charge >= 0.3 is 5.97 Å². The van der Waals surface area contributed by atoms with Crippen LogP contribution in [0.15, 0.2) is 114 Å². The van der Waals surface area contributed by atoms with Crippen LogP contribution in [0.3, 0.4) is 0 Å². The average Bonchev–Trinajstić information content (AvgIpc) is 3.45. The summed E-state index contributed by atoms with van der Waals surface area (Å²) in [5.74, 6) is -0.375. The number of pyridine rings is 1. The summed E-state index contributed by atoms with van der Waals surface area (Å²) in [6.07, 6.45) is 5.27. The van der Waals surface area contributed by atoms with Crippen LogP contribution in [0.5, 0.6) is 0 Å². The number of esters is 1. The highest BCUT2D eigenvalue weighted by Crippen LogP contribution is 2.23. The molecular formula is C34H36N4O5S. The first-order valence-corrected chi connectivity index (χ1v) is 15.8. The Hall–Kier alpha value is -4.51. The lowest BCUT2D eigenvalue weighted by Gasteiger charge is -2.28. The fourth-order valence-electron chi connectivity index (χ4n) is 4.84. The van der Waals surface area contributed by atoms with E-state index in [2.05, 4.69) is 33.4 Å². The minimum atomic E-state index is -3.73. The number of nitrogens with zero attached hydrogens (tertiary/aromatic N) is 2. The number of sulfonamides is 1. The number of benzene rings is 3. The van der Waals surface area contributed by atoms with Crippen LogP contribution in [-0.2, 0) is 27.9 Å². The summed E-state index contributed by atoms with van der Waals surface area (Å²) in [6.45, 7) is 5.36. The molecule has 0 spiro atoms. The molecule has 2 aromatic heterocycles. The average molecular weight is 613 g/mol. The molecule has 228 valence electrons. The van der Waals surface area contributed by atoms with Gasteiger partial charge in [-0.3, -0.25) is 9.71 Å². The predicted molar refractivity (Wildman–Crippen MR) is 171 cm³/mol. The maximum Gasteiger partial charge on any atom is 0.338 e. The molecule has 3 N–H and O–H groups in total. The minimum Gasteiger partial charge on any atom is -0.457 e. The number of anilines is 1. The topological polar surface area (TPSA) is 123 Å². The number of aliphatic hydroxyl groups is 1. The number of hydrogen-bond acceptors (Lipinski definition) is 7. The molecule has 0 bridgehead atoms. The maximum atomic E-state index is 12.7. The summed E-state index contributed by atoms with van der Waals surface area (Å²) >= 11 is 0. The van der Waals surface area contributed by atoms with Crippen molar-refractivity contribution >= 4 is 32.6 Å². The minimum absolute atomic E-state index is 0.171. The molecule has 0 aliphatic heterocycles. The summed E-state index contributed by atoms with van der Waals surface area (Å²) in [6, 6.07) is 26.1. The van der Waals surface area contributed by atoms with Gasteiger partial charge in [0.15, 0.2) is 0 Å². The van der Waals surface area contributed by atoms with Gasteiger partial charge in [0.25, 0.3) is 10.0 Å². The number of aryl methyl sites for hydroxylation is 1. The van der Waals surface area contributed by atoms with Crippen LogP contribution in [0.2, 0.25) is 0 Å². The maximum absolute atomic E-state index is 12.7. The van der Waals surface area contributed by atoms with Crippen molar-refractivity contribution in [1.82, 2.24) is 14.9 Å². The largest absolute Gasteiger partial charge is 0.457 e. The molecule has 0 saturated heterocycles. The fourth-order valence-corrected chi connectivity index (χ4v) is 5.91. The Kier molecular flexibility index (Phi) is 9.43. The summed E-state index contributed by atoms with van der Waals surface area (Å²) in [5.41, 5.74) is 3.07. The van der Waals surface area contributed by atoms with Gasteiger partial charge in [0.2, 0.25) is 0 Å². The number of aromatic nitrogens is 2. The van der Waals surface area contributed by atoms with E-state index in [1.807, 2.05) is 36.5 Å². The Morgan fingerprint density at radius 3 is 2.52 bits per heavy atom. The summed E-state index contributed by atoms with van der Waals surface area (Å²) in [4.78, 5) is 16.7. The molecule has 0 aliphatic rings. The third-order valence-corrected chi connectivity index (χ3v) is 8.85. The Bertz CT molecular complexity index is 1820. The lowest BCUT2D eigenvalue weighted by atomic mass is 9.99. The Balaban J connectivity index is 1.14. The van der Waals surface area contributed by atoms with E-state index in [4.69, 9.17) is 4.74 Å². The van der Waals surface area contributed by atoms with E-state index in [1.165, 1.54) is 12.1 Å². The molecule has 0 radical (unpaired) electrons. The second-order valence-electron chi connectivity index (χ2n) is 11.3. The summed E-state index contributed by atoms with van der Waals surface area (Å²) in [7, 11) is -3.73. The number of rotatable bonds is 13. The molecule has 44 heavy (non-hydrogen) atoms. The Morgan fingerprint density at radius 2 is 1.75 bits per heavy atom. The normalized spacial score (nSPS) is 12.6. The predicted octanol–water partition coefficient (Wildman–Crippen LogP) is 5.69. The van der Waals surface area contributed by atoms with E-state index in [0.29, 0.717) is 23.4 Å². The van der Waals surface area contributed by atoms with Gasteiger partial charge in [-0.2, -0.15) is 0 Å². The molecule has 3 aromatic carbocycles. The highest BCUT2D eigenvalue weighted by Gasteiger charge is 2.21. The summed E-state index contributed by atoms with van der Waals surface area (Å²) < 4.78 is 35.6. The van der Waals surface area contributed by atoms with Crippen LogP contribution in [0.25, 0.3) is 10.9 Å². The van der Waals surface area contributed by atoms with Crippen LogP contribution in [0, 0.1) is 0 Å². The van der Waals surface area contributed by atoms with E-state index in [9.17, 15) is 18.3 Å². The molecule has 5 aromatic rings. The van der Waals surface area contributed by atoms with Crippen molar-refractivity contribution in [1.29, 1.82) is 0 Å². The van der Waals surface area contributed by atoms with Gasteiger partial charge in [-0.25, -0.2) is 13.2 Å². The van der Waals surface area contributed by atoms with Crippen molar-refractivity contribution < 1.29 is 23.1 Å². The quantitative estimate of drug-likeness (QED) is 0.146. The van der Waals surface area contributed by atoms with Gasteiger partial charge < -0.3 is 19.7 Å². The smallest absolute Gasteiger partial charge is 0.338 e.